The van der Waals surface area contributed by atoms with Gasteiger partial charge in [-0.25, -0.2) is 0 Å². The van der Waals surface area contributed by atoms with Gasteiger partial charge in [0.25, 0.3) is 5.91 Å². The Labute approximate surface area is 149 Å². The smallest absolute Gasteiger partial charge is 0.267 e. The van der Waals surface area contributed by atoms with Crippen molar-refractivity contribution < 1.29 is 9.53 Å². The van der Waals surface area contributed by atoms with E-state index in [1.807, 2.05) is 49.4 Å². The first-order valence-electron chi connectivity index (χ1n) is 7.29. The van der Waals surface area contributed by atoms with E-state index < -0.39 is 5.91 Å². The zero-order valence-corrected chi connectivity index (χ0v) is 14.6. The molecule has 2 N–H and O–H groups in total. The average molecular weight is 386 g/mol. The predicted octanol–water partition coefficient (Wildman–Crippen LogP) is 4.31. The van der Waals surface area contributed by atoms with Crippen LogP contribution < -0.4 is 15.4 Å². The van der Waals surface area contributed by atoms with Crippen molar-refractivity contribution in [1.82, 2.24) is 0 Å². The summed E-state index contributed by atoms with van der Waals surface area (Å²) in [5.41, 5.74) is 1.35. The van der Waals surface area contributed by atoms with E-state index in [0.717, 1.165) is 15.9 Å². The number of amides is 1. The molecule has 0 unspecified atom stereocenters. The third kappa shape index (κ3) is 5.14. The Morgan fingerprint density at radius 1 is 1.17 bits per heavy atom. The molecule has 1 amide bonds. The Kier molecular flexibility index (Phi) is 6.41. The van der Waals surface area contributed by atoms with Crippen LogP contribution in [-0.4, -0.2) is 12.5 Å². The highest BCUT2D eigenvalue weighted by Gasteiger charge is 2.09. The van der Waals surface area contributed by atoms with Gasteiger partial charge in [-0.3, -0.25) is 4.79 Å². The summed E-state index contributed by atoms with van der Waals surface area (Å²) < 4.78 is 6.27. The summed E-state index contributed by atoms with van der Waals surface area (Å²) in [6.45, 7) is 2.51. The van der Waals surface area contributed by atoms with Crippen LogP contribution >= 0.6 is 15.9 Å². The summed E-state index contributed by atoms with van der Waals surface area (Å²) >= 11 is 3.32. The van der Waals surface area contributed by atoms with Gasteiger partial charge >= 0.3 is 0 Å². The van der Waals surface area contributed by atoms with E-state index >= 15 is 0 Å². The molecule has 0 saturated carbocycles. The topological polar surface area (TPSA) is 74.1 Å². The second kappa shape index (κ2) is 8.75. The zero-order chi connectivity index (χ0) is 17.4. The normalized spacial score (nSPS) is 10.6. The highest BCUT2D eigenvalue weighted by molar-refractivity contribution is 9.10. The standard InChI is InChI=1S/C18H16BrN3O2/c1-2-24-17-9-7-15(8-10-17)21-12-13(11-20)18(23)22-16-5-3-14(19)4-6-16/h3-10,12,21H,2H2,1H3,(H,22,23)/b13-12-. The number of hydrogen-bond donors (Lipinski definition) is 2. The maximum absolute atomic E-state index is 12.1. The third-order valence-electron chi connectivity index (χ3n) is 3.02. The van der Waals surface area contributed by atoms with Crippen molar-refractivity contribution in [2.75, 3.05) is 17.2 Å². The van der Waals surface area contributed by atoms with Crippen molar-refractivity contribution in [2.24, 2.45) is 0 Å². The van der Waals surface area contributed by atoms with Gasteiger partial charge < -0.3 is 15.4 Å². The lowest BCUT2D eigenvalue weighted by Gasteiger charge is -2.06. The quantitative estimate of drug-likeness (QED) is 0.573. The molecule has 24 heavy (non-hydrogen) atoms. The predicted molar refractivity (Wildman–Crippen MR) is 97.7 cm³/mol. The molecular weight excluding hydrogens is 370 g/mol. The van der Waals surface area contributed by atoms with E-state index in [1.54, 1.807) is 12.1 Å². The van der Waals surface area contributed by atoms with Crippen molar-refractivity contribution in [3.8, 4) is 11.8 Å². The molecule has 2 aromatic rings. The number of hydrogen-bond acceptors (Lipinski definition) is 4. The minimum Gasteiger partial charge on any atom is -0.494 e. The summed E-state index contributed by atoms with van der Waals surface area (Å²) in [5.74, 6) is 0.291. The lowest BCUT2D eigenvalue weighted by Crippen LogP contribution is -2.14. The van der Waals surface area contributed by atoms with Crippen molar-refractivity contribution in [2.45, 2.75) is 6.92 Å². The lowest BCUT2D eigenvalue weighted by molar-refractivity contribution is -0.112. The molecular formula is C18H16BrN3O2. The fourth-order valence-corrected chi connectivity index (χ4v) is 2.11. The van der Waals surface area contributed by atoms with Gasteiger partial charge in [0.1, 0.15) is 17.4 Å². The second-order valence-electron chi connectivity index (χ2n) is 4.73. The number of nitriles is 1. The summed E-state index contributed by atoms with van der Waals surface area (Å²) in [6, 6.07) is 16.2. The van der Waals surface area contributed by atoms with E-state index in [-0.39, 0.29) is 5.57 Å². The number of carbonyl (C=O) groups excluding carboxylic acids is 1. The summed E-state index contributed by atoms with van der Waals surface area (Å²) in [4.78, 5) is 12.1. The van der Waals surface area contributed by atoms with Gasteiger partial charge in [-0.1, -0.05) is 15.9 Å². The Hall–Kier alpha value is -2.78. The molecule has 0 atom stereocenters. The Morgan fingerprint density at radius 3 is 2.38 bits per heavy atom. The Balaban J connectivity index is 2.01. The number of carbonyl (C=O) groups is 1. The minimum atomic E-state index is -0.474. The maximum Gasteiger partial charge on any atom is 0.267 e. The maximum atomic E-state index is 12.1. The summed E-state index contributed by atoms with van der Waals surface area (Å²) in [6.07, 6.45) is 1.38. The first-order chi connectivity index (χ1) is 11.6. The van der Waals surface area contributed by atoms with Crippen LogP contribution in [0.4, 0.5) is 11.4 Å². The van der Waals surface area contributed by atoms with Crippen LogP contribution in [0.1, 0.15) is 6.92 Å². The van der Waals surface area contributed by atoms with Crippen LogP contribution in [0.2, 0.25) is 0 Å². The van der Waals surface area contributed by atoms with E-state index in [4.69, 9.17) is 10.00 Å². The fraction of sp³-hybridized carbons (Fsp3) is 0.111. The molecule has 0 heterocycles. The molecule has 0 aliphatic heterocycles. The fourth-order valence-electron chi connectivity index (χ4n) is 1.85. The molecule has 0 aliphatic rings. The van der Waals surface area contributed by atoms with Gasteiger partial charge in [0, 0.05) is 22.0 Å². The number of anilines is 2. The molecule has 0 aromatic heterocycles. The molecule has 122 valence electrons. The Morgan fingerprint density at radius 2 is 1.79 bits per heavy atom. The third-order valence-corrected chi connectivity index (χ3v) is 3.54. The van der Waals surface area contributed by atoms with E-state index in [9.17, 15) is 4.79 Å². The number of nitrogens with zero attached hydrogens (tertiary/aromatic N) is 1. The van der Waals surface area contributed by atoms with E-state index in [2.05, 4.69) is 26.6 Å². The highest BCUT2D eigenvalue weighted by atomic mass is 79.9. The number of halogens is 1. The largest absolute Gasteiger partial charge is 0.494 e. The molecule has 0 aliphatic carbocycles. The second-order valence-corrected chi connectivity index (χ2v) is 5.65. The molecule has 2 aromatic carbocycles. The Bertz CT molecular complexity index is 762. The molecule has 0 fully saturated rings. The van der Waals surface area contributed by atoms with E-state index in [0.29, 0.717) is 12.3 Å². The SMILES string of the molecule is CCOc1ccc(N/C=C(/C#N)C(=O)Nc2ccc(Br)cc2)cc1. The van der Waals surface area contributed by atoms with Gasteiger partial charge in [-0.15, -0.1) is 0 Å². The molecule has 2 rings (SSSR count). The van der Waals surface area contributed by atoms with Crippen molar-refractivity contribution >= 4 is 33.2 Å². The average Bonchev–Trinajstić information content (AvgIpc) is 2.59. The minimum absolute atomic E-state index is 0.0215. The van der Waals surface area contributed by atoms with Crippen molar-refractivity contribution in [3.63, 3.8) is 0 Å². The van der Waals surface area contributed by atoms with E-state index in [1.165, 1.54) is 6.20 Å². The van der Waals surface area contributed by atoms with Crippen molar-refractivity contribution in [3.05, 3.63) is 64.8 Å². The van der Waals surface area contributed by atoms with Crippen LogP contribution in [-0.2, 0) is 4.79 Å². The number of nitrogens with one attached hydrogen (secondary N) is 2. The molecule has 6 heteroatoms. The lowest BCUT2D eigenvalue weighted by atomic mass is 10.2. The summed E-state index contributed by atoms with van der Waals surface area (Å²) in [5, 5.41) is 14.8. The highest BCUT2D eigenvalue weighted by Crippen LogP contribution is 2.17. The van der Waals surface area contributed by atoms with Gasteiger partial charge in [-0.05, 0) is 55.5 Å². The van der Waals surface area contributed by atoms with Gasteiger partial charge in [-0.2, -0.15) is 5.26 Å². The van der Waals surface area contributed by atoms with Crippen LogP contribution in [0.15, 0.2) is 64.8 Å². The summed E-state index contributed by atoms with van der Waals surface area (Å²) in [7, 11) is 0. The van der Waals surface area contributed by atoms with Crippen LogP contribution in [0, 0.1) is 11.3 Å². The molecule has 0 saturated heterocycles. The van der Waals surface area contributed by atoms with Gasteiger partial charge in [0.2, 0.25) is 0 Å². The number of benzene rings is 2. The molecule has 0 bridgehead atoms. The monoisotopic (exact) mass is 385 g/mol. The van der Waals surface area contributed by atoms with Gasteiger partial charge in [0.05, 0.1) is 6.61 Å². The number of rotatable bonds is 6. The zero-order valence-electron chi connectivity index (χ0n) is 13.0. The first-order valence-corrected chi connectivity index (χ1v) is 8.08. The van der Waals surface area contributed by atoms with Crippen LogP contribution in [0.3, 0.4) is 0 Å². The molecule has 0 radical (unpaired) electrons. The van der Waals surface area contributed by atoms with Crippen LogP contribution in [0.5, 0.6) is 5.75 Å². The molecule has 0 spiro atoms. The van der Waals surface area contributed by atoms with Crippen molar-refractivity contribution in [1.29, 1.82) is 5.26 Å². The van der Waals surface area contributed by atoms with Gasteiger partial charge in [0.15, 0.2) is 0 Å². The number of ether oxygens (including phenoxy) is 1. The first kappa shape index (κ1) is 17.6. The van der Waals surface area contributed by atoms with Crippen LogP contribution in [0.25, 0.3) is 0 Å². The molecule has 5 nitrogen and oxygen atoms in total.